The third-order valence-electron chi connectivity index (χ3n) is 1.75. The van der Waals surface area contributed by atoms with Crippen molar-refractivity contribution >= 4 is 11.8 Å². The van der Waals surface area contributed by atoms with Crippen LogP contribution in [0.1, 0.15) is 48.0 Å². The first kappa shape index (κ1) is 23.7. The molecule has 0 atom stereocenters. The highest BCUT2D eigenvalue weighted by Gasteiger charge is 2.23. The Morgan fingerprint density at radius 3 is 2.05 bits per heavy atom. The molecule has 7 nitrogen and oxygen atoms in total. The standard InChI is InChI=1S/C9H16N2O5.2C2H6/c1-9(2,6-16-15-3)4-7(12)10-5-8(13)11-14;2*1-2/h4-6H2,1-3H3,(H,10,12);2*1-2H3. The van der Waals surface area contributed by atoms with Crippen molar-refractivity contribution in [2.24, 2.45) is 10.6 Å². The molecule has 0 aromatic rings. The van der Waals surface area contributed by atoms with Gasteiger partial charge in [-0.25, -0.2) is 9.78 Å². The maximum atomic E-state index is 11.3. The Bertz CT molecular complexity index is 267. The molecule has 1 N–H and O–H groups in total. The van der Waals surface area contributed by atoms with E-state index in [2.05, 4.69) is 15.4 Å². The van der Waals surface area contributed by atoms with Crippen molar-refractivity contribution in [3.63, 3.8) is 0 Å². The topological polar surface area (TPSA) is 94.1 Å². The van der Waals surface area contributed by atoms with Crippen molar-refractivity contribution < 1.29 is 19.4 Å². The highest BCUT2D eigenvalue weighted by atomic mass is 17.2. The van der Waals surface area contributed by atoms with Gasteiger partial charge in [-0.3, -0.25) is 9.59 Å². The van der Waals surface area contributed by atoms with Crippen LogP contribution in [0.25, 0.3) is 0 Å². The number of amides is 2. The van der Waals surface area contributed by atoms with Gasteiger partial charge in [0, 0.05) is 11.6 Å². The number of carbonyl (C=O) groups excluding carboxylic acids is 2. The molecule has 0 aliphatic rings. The van der Waals surface area contributed by atoms with Crippen LogP contribution in [0.3, 0.4) is 0 Å². The molecule has 0 aliphatic carbocycles. The Kier molecular flexibility index (Phi) is 18.6. The van der Waals surface area contributed by atoms with E-state index in [1.165, 1.54) is 7.11 Å². The molecule has 0 unspecified atom stereocenters. The molecule has 120 valence electrons. The minimum atomic E-state index is -0.903. The van der Waals surface area contributed by atoms with Gasteiger partial charge in [-0.15, -0.1) is 4.91 Å². The molecular formula is C13H28N2O5. The van der Waals surface area contributed by atoms with Crippen LogP contribution >= 0.6 is 0 Å². The van der Waals surface area contributed by atoms with Gasteiger partial charge < -0.3 is 5.32 Å². The Morgan fingerprint density at radius 1 is 1.15 bits per heavy atom. The summed E-state index contributed by atoms with van der Waals surface area (Å²) >= 11 is 0. The van der Waals surface area contributed by atoms with Crippen LogP contribution < -0.4 is 5.32 Å². The van der Waals surface area contributed by atoms with Crippen molar-refractivity contribution in [1.29, 1.82) is 0 Å². The molecule has 20 heavy (non-hydrogen) atoms. The number of carbonyl (C=O) groups is 2. The van der Waals surface area contributed by atoms with E-state index in [-0.39, 0.29) is 25.5 Å². The number of hydrogen-bond acceptors (Lipinski definition) is 5. The van der Waals surface area contributed by atoms with Crippen LogP contribution in [0, 0.1) is 10.3 Å². The van der Waals surface area contributed by atoms with Gasteiger partial charge in [0.15, 0.2) is 0 Å². The van der Waals surface area contributed by atoms with Crippen molar-refractivity contribution in [2.45, 2.75) is 48.0 Å². The van der Waals surface area contributed by atoms with Crippen LogP contribution in [0.5, 0.6) is 0 Å². The van der Waals surface area contributed by atoms with Crippen LogP contribution in [-0.2, 0) is 19.4 Å². The molecule has 0 heterocycles. The van der Waals surface area contributed by atoms with E-state index >= 15 is 0 Å². The second-order valence-electron chi connectivity index (χ2n) is 4.03. The van der Waals surface area contributed by atoms with E-state index in [0.29, 0.717) is 0 Å². The van der Waals surface area contributed by atoms with Crippen molar-refractivity contribution in [1.82, 2.24) is 5.32 Å². The molecule has 0 spiro atoms. The van der Waals surface area contributed by atoms with E-state index in [0.717, 1.165) is 0 Å². The fourth-order valence-corrected chi connectivity index (χ4v) is 0.973. The lowest BCUT2D eigenvalue weighted by Crippen LogP contribution is -2.33. The van der Waals surface area contributed by atoms with E-state index in [4.69, 9.17) is 4.89 Å². The van der Waals surface area contributed by atoms with Gasteiger partial charge in [0.2, 0.25) is 5.91 Å². The molecule has 0 aromatic heterocycles. The van der Waals surface area contributed by atoms with Crippen LogP contribution in [0.15, 0.2) is 5.18 Å². The van der Waals surface area contributed by atoms with Gasteiger partial charge in [0.25, 0.3) is 0 Å². The number of nitrogens with zero attached hydrogens (tertiary/aromatic N) is 1. The average Bonchev–Trinajstić information content (AvgIpc) is 2.46. The summed E-state index contributed by atoms with van der Waals surface area (Å²) in [6, 6.07) is 0. The molecule has 0 aromatic carbocycles. The number of nitroso groups, excluding NO2 is 1. The van der Waals surface area contributed by atoms with E-state index in [1.54, 1.807) is 0 Å². The van der Waals surface area contributed by atoms with E-state index < -0.39 is 11.3 Å². The maximum absolute atomic E-state index is 11.3. The molecule has 7 heteroatoms. The summed E-state index contributed by atoms with van der Waals surface area (Å²) in [5, 5.41) is 4.45. The average molecular weight is 292 g/mol. The van der Waals surface area contributed by atoms with E-state index in [1.807, 2.05) is 41.5 Å². The SMILES string of the molecule is CC.CC.COOCC(C)(C)CC(=O)NCC(=O)N=O. The summed E-state index contributed by atoms with van der Waals surface area (Å²) in [6.45, 7) is 11.5. The minimum absolute atomic E-state index is 0.155. The predicted molar refractivity (Wildman–Crippen MR) is 77.9 cm³/mol. The molecule has 0 saturated carbocycles. The Hall–Kier alpha value is -1.34. The fourth-order valence-electron chi connectivity index (χ4n) is 0.973. The first-order valence-electron chi connectivity index (χ1n) is 6.70. The molecule has 0 rings (SSSR count). The summed E-state index contributed by atoms with van der Waals surface area (Å²) < 4.78 is 0. The molecule has 0 saturated heterocycles. The quantitative estimate of drug-likeness (QED) is 0.442. The third-order valence-corrected chi connectivity index (χ3v) is 1.75. The summed E-state index contributed by atoms with van der Waals surface area (Å²) in [7, 11) is 1.38. The highest BCUT2D eigenvalue weighted by Crippen LogP contribution is 2.20. The van der Waals surface area contributed by atoms with Crippen molar-refractivity contribution in [3.8, 4) is 0 Å². The van der Waals surface area contributed by atoms with Gasteiger partial charge in [0.1, 0.15) is 6.54 Å². The Morgan fingerprint density at radius 2 is 1.65 bits per heavy atom. The molecular weight excluding hydrogens is 264 g/mol. The molecule has 0 radical (unpaired) electrons. The minimum Gasteiger partial charge on any atom is -0.347 e. The number of hydrogen-bond donors (Lipinski definition) is 1. The van der Waals surface area contributed by atoms with Gasteiger partial charge in [0.05, 0.1) is 13.7 Å². The van der Waals surface area contributed by atoms with Crippen molar-refractivity contribution in [2.75, 3.05) is 20.3 Å². The maximum Gasteiger partial charge on any atom is 0.305 e. The lowest BCUT2D eigenvalue weighted by atomic mass is 9.90. The first-order valence-corrected chi connectivity index (χ1v) is 6.70. The third kappa shape index (κ3) is 16.7. The summed E-state index contributed by atoms with van der Waals surface area (Å²) in [4.78, 5) is 40.8. The molecule has 0 aliphatic heterocycles. The molecule has 2 amide bonds. The first-order chi connectivity index (χ1) is 9.41. The Balaban J connectivity index is -0.000000656. The predicted octanol–water partition coefficient (Wildman–Crippen LogP) is 2.44. The monoisotopic (exact) mass is 292 g/mol. The summed E-state index contributed by atoms with van der Waals surface area (Å²) in [5.74, 6) is -1.25. The zero-order valence-corrected chi connectivity index (χ0v) is 13.6. The Labute approximate surface area is 121 Å². The lowest BCUT2D eigenvalue weighted by molar-refractivity contribution is -0.287. The van der Waals surface area contributed by atoms with Crippen molar-refractivity contribution in [3.05, 3.63) is 4.91 Å². The lowest BCUT2D eigenvalue weighted by Gasteiger charge is -2.22. The van der Waals surface area contributed by atoms with Gasteiger partial charge in [-0.05, 0) is 5.41 Å². The zero-order chi connectivity index (χ0) is 16.6. The van der Waals surface area contributed by atoms with Gasteiger partial charge in [-0.2, -0.15) is 0 Å². The normalized spacial score (nSPS) is 9.35. The second kappa shape index (κ2) is 15.7. The summed E-state index contributed by atoms with van der Waals surface area (Å²) in [6.07, 6.45) is 0.155. The zero-order valence-electron chi connectivity index (χ0n) is 13.6. The number of nitrogens with one attached hydrogen (secondary N) is 1. The molecule has 0 bridgehead atoms. The summed E-state index contributed by atoms with van der Waals surface area (Å²) in [5.41, 5.74) is -0.419. The van der Waals surface area contributed by atoms with E-state index in [9.17, 15) is 14.5 Å². The fraction of sp³-hybridized carbons (Fsp3) is 0.846. The smallest absolute Gasteiger partial charge is 0.305 e. The highest BCUT2D eigenvalue weighted by molar-refractivity contribution is 5.85. The second-order valence-corrected chi connectivity index (χ2v) is 4.03. The molecule has 0 fully saturated rings. The number of rotatable bonds is 7. The van der Waals surface area contributed by atoms with Gasteiger partial charge >= 0.3 is 5.91 Å². The van der Waals surface area contributed by atoms with Crippen LogP contribution in [0.4, 0.5) is 0 Å². The van der Waals surface area contributed by atoms with Gasteiger partial charge in [-0.1, -0.05) is 41.5 Å². The van der Waals surface area contributed by atoms with Crippen LogP contribution in [0.2, 0.25) is 0 Å². The largest absolute Gasteiger partial charge is 0.347 e. The van der Waals surface area contributed by atoms with Crippen LogP contribution in [-0.4, -0.2) is 32.1 Å².